The van der Waals surface area contributed by atoms with Crippen molar-refractivity contribution in [3.8, 4) is 0 Å². The second-order valence-corrected chi connectivity index (χ2v) is 4.76. The number of halogens is 3. The van der Waals surface area contributed by atoms with E-state index in [1.54, 1.807) is 6.07 Å². The summed E-state index contributed by atoms with van der Waals surface area (Å²) in [4.78, 5) is 0. The number of hydrogen-bond acceptors (Lipinski definition) is 0. The lowest BCUT2D eigenvalue weighted by atomic mass is 10.0. The van der Waals surface area contributed by atoms with Gasteiger partial charge in [0, 0.05) is 4.47 Å². The normalized spacial score (nSPS) is 10.5. The fourth-order valence-electron chi connectivity index (χ4n) is 1.71. The van der Waals surface area contributed by atoms with Gasteiger partial charge in [-0.3, -0.25) is 0 Å². The predicted octanol–water partition coefficient (Wildman–Crippen LogP) is 4.51. The molecular formula is C14H11BrF2. The molecule has 2 aromatic rings. The van der Waals surface area contributed by atoms with Crippen LogP contribution in [0.4, 0.5) is 8.78 Å². The van der Waals surface area contributed by atoms with Crippen LogP contribution in [0.1, 0.15) is 11.1 Å². The third-order valence-corrected chi connectivity index (χ3v) is 3.10. The molecule has 0 saturated heterocycles. The molecule has 2 rings (SSSR count). The van der Waals surface area contributed by atoms with Gasteiger partial charge in [-0.15, -0.1) is 0 Å². The van der Waals surface area contributed by atoms with Crippen LogP contribution in [0.15, 0.2) is 46.9 Å². The molecule has 17 heavy (non-hydrogen) atoms. The molecule has 3 heteroatoms. The molecule has 0 aliphatic heterocycles. The van der Waals surface area contributed by atoms with Gasteiger partial charge in [0.15, 0.2) is 11.6 Å². The molecule has 0 saturated carbocycles. The molecule has 0 amide bonds. The van der Waals surface area contributed by atoms with Crippen LogP contribution in [-0.4, -0.2) is 0 Å². The first-order valence-corrected chi connectivity index (χ1v) is 6.13. The van der Waals surface area contributed by atoms with Crippen LogP contribution >= 0.6 is 15.9 Å². The van der Waals surface area contributed by atoms with Gasteiger partial charge in [0.1, 0.15) is 0 Å². The van der Waals surface area contributed by atoms with Gasteiger partial charge in [-0.25, -0.2) is 8.78 Å². The van der Waals surface area contributed by atoms with Gasteiger partial charge in [-0.1, -0.05) is 40.2 Å². The maximum absolute atomic E-state index is 13.4. The average Bonchev–Trinajstić information content (AvgIpc) is 2.31. The lowest BCUT2D eigenvalue weighted by molar-refractivity contribution is 0.498. The van der Waals surface area contributed by atoms with E-state index in [0.717, 1.165) is 16.1 Å². The zero-order chi connectivity index (χ0) is 12.3. The summed E-state index contributed by atoms with van der Waals surface area (Å²) in [6, 6.07) is 12.1. The quantitative estimate of drug-likeness (QED) is 0.782. The van der Waals surface area contributed by atoms with E-state index < -0.39 is 11.6 Å². The van der Waals surface area contributed by atoms with Crippen molar-refractivity contribution in [2.45, 2.75) is 12.8 Å². The molecular weight excluding hydrogens is 286 g/mol. The van der Waals surface area contributed by atoms with Crippen LogP contribution in [-0.2, 0) is 12.8 Å². The van der Waals surface area contributed by atoms with Crippen LogP contribution < -0.4 is 0 Å². The Hall–Kier alpha value is -1.22. The first-order valence-electron chi connectivity index (χ1n) is 5.34. The van der Waals surface area contributed by atoms with Crippen LogP contribution in [0.2, 0.25) is 0 Å². The lowest BCUT2D eigenvalue weighted by Crippen LogP contribution is -1.97. The maximum Gasteiger partial charge on any atom is 0.162 e. The molecule has 0 N–H and O–H groups in total. The second kappa shape index (κ2) is 5.41. The fraction of sp³-hybridized carbons (Fsp3) is 0.143. The van der Waals surface area contributed by atoms with Crippen molar-refractivity contribution in [3.63, 3.8) is 0 Å². The van der Waals surface area contributed by atoms with Gasteiger partial charge in [0.05, 0.1) is 0 Å². The number of hydrogen-bond donors (Lipinski definition) is 0. The zero-order valence-electron chi connectivity index (χ0n) is 9.09. The van der Waals surface area contributed by atoms with E-state index >= 15 is 0 Å². The number of benzene rings is 2. The summed E-state index contributed by atoms with van der Waals surface area (Å²) < 4.78 is 27.4. The molecule has 0 nitrogen and oxygen atoms in total. The van der Waals surface area contributed by atoms with E-state index in [1.807, 2.05) is 24.3 Å². The molecule has 0 heterocycles. The van der Waals surface area contributed by atoms with Crippen LogP contribution in [0.25, 0.3) is 0 Å². The Morgan fingerprint density at radius 1 is 0.941 bits per heavy atom. The van der Waals surface area contributed by atoms with Crippen molar-refractivity contribution >= 4 is 15.9 Å². The fourth-order valence-corrected chi connectivity index (χ4v) is 2.16. The Morgan fingerprint density at radius 3 is 2.47 bits per heavy atom. The van der Waals surface area contributed by atoms with Crippen molar-refractivity contribution in [1.82, 2.24) is 0 Å². The molecule has 0 spiro atoms. The SMILES string of the molecule is Fc1cccc(CCc2cccc(Br)c2)c1F. The highest BCUT2D eigenvalue weighted by atomic mass is 79.9. The molecule has 0 aliphatic carbocycles. The molecule has 0 fully saturated rings. The molecule has 0 aliphatic rings. The Bertz CT molecular complexity index is 523. The van der Waals surface area contributed by atoms with E-state index in [9.17, 15) is 8.78 Å². The predicted molar refractivity (Wildman–Crippen MR) is 67.9 cm³/mol. The number of aryl methyl sites for hydroxylation is 2. The van der Waals surface area contributed by atoms with E-state index in [4.69, 9.17) is 0 Å². The minimum atomic E-state index is -0.781. The Balaban J connectivity index is 2.10. The first kappa shape index (κ1) is 12.2. The summed E-state index contributed by atoms with van der Waals surface area (Å²) in [6.45, 7) is 0. The van der Waals surface area contributed by atoms with E-state index in [-0.39, 0.29) is 0 Å². The molecule has 2 aromatic carbocycles. The summed E-state index contributed by atoms with van der Waals surface area (Å²) in [7, 11) is 0. The molecule has 0 unspecified atom stereocenters. The lowest BCUT2D eigenvalue weighted by Gasteiger charge is -2.04. The smallest absolute Gasteiger partial charge is 0.162 e. The van der Waals surface area contributed by atoms with Gasteiger partial charge in [0.2, 0.25) is 0 Å². The van der Waals surface area contributed by atoms with Crippen molar-refractivity contribution < 1.29 is 8.78 Å². The highest BCUT2D eigenvalue weighted by Crippen LogP contribution is 2.16. The van der Waals surface area contributed by atoms with Crippen molar-refractivity contribution in [3.05, 3.63) is 69.7 Å². The summed E-state index contributed by atoms with van der Waals surface area (Å²) in [6.07, 6.45) is 1.19. The van der Waals surface area contributed by atoms with Crippen molar-refractivity contribution in [1.29, 1.82) is 0 Å². The van der Waals surface area contributed by atoms with Gasteiger partial charge in [-0.2, -0.15) is 0 Å². The summed E-state index contributed by atoms with van der Waals surface area (Å²) in [5.74, 6) is -1.51. The Labute approximate surface area is 107 Å². The molecule has 88 valence electrons. The third kappa shape index (κ3) is 3.13. The van der Waals surface area contributed by atoms with E-state index in [2.05, 4.69) is 15.9 Å². The first-order chi connectivity index (χ1) is 8.16. The molecule has 0 atom stereocenters. The van der Waals surface area contributed by atoms with E-state index in [0.29, 0.717) is 18.4 Å². The summed E-state index contributed by atoms with van der Waals surface area (Å²) in [5.41, 5.74) is 1.52. The molecule has 0 radical (unpaired) electrons. The largest absolute Gasteiger partial charge is 0.204 e. The van der Waals surface area contributed by atoms with Gasteiger partial charge < -0.3 is 0 Å². The number of rotatable bonds is 3. The third-order valence-electron chi connectivity index (χ3n) is 2.60. The van der Waals surface area contributed by atoms with Crippen LogP contribution in [0.3, 0.4) is 0 Å². The van der Waals surface area contributed by atoms with Crippen LogP contribution in [0, 0.1) is 11.6 Å². The van der Waals surface area contributed by atoms with Gasteiger partial charge in [-0.05, 0) is 42.2 Å². The van der Waals surface area contributed by atoms with Gasteiger partial charge >= 0.3 is 0 Å². The van der Waals surface area contributed by atoms with Crippen molar-refractivity contribution in [2.75, 3.05) is 0 Å². The monoisotopic (exact) mass is 296 g/mol. The average molecular weight is 297 g/mol. The minimum absolute atomic E-state index is 0.421. The van der Waals surface area contributed by atoms with Crippen molar-refractivity contribution in [2.24, 2.45) is 0 Å². The summed E-state index contributed by atoms with van der Waals surface area (Å²) in [5, 5.41) is 0. The van der Waals surface area contributed by atoms with E-state index in [1.165, 1.54) is 6.07 Å². The Kier molecular flexibility index (Phi) is 3.89. The zero-order valence-corrected chi connectivity index (χ0v) is 10.7. The topological polar surface area (TPSA) is 0 Å². The Morgan fingerprint density at radius 2 is 1.71 bits per heavy atom. The maximum atomic E-state index is 13.4. The van der Waals surface area contributed by atoms with Gasteiger partial charge in [0.25, 0.3) is 0 Å². The highest BCUT2D eigenvalue weighted by Gasteiger charge is 2.07. The standard InChI is InChI=1S/C14H11BrF2/c15-12-5-1-3-10(9-12)7-8-11-4-2-6-13(16)14(11)17/h1-6,9H,7-8H2. The molecule has 0 bridgehead atoms. The van der Waals surface area contributed by atoms with Crippen LogP contribution in [0.5, 0.6) is 0 Å². The molecule has 0 aromatic heterocycles. The minimum Gasteiger partial charge on any atom is -0.204 e. The highest BCUT2D eigenvalue weighted by molar-refractivity contribution is 9.10. The second-order valence-electron chi connectivity index (χ2n) is 3.84. The summed E-state index contributed by atoms with van der Waals surface area (Å²) >= 11 is 3.38.